The normalized spacial score (nSPS) is 13.3. The van der Waals surface area contributed by atoms with Gasteiger partial charge in [0.05, 0.1) is 7.11 Å². The summed E-state index contributed by atoms with van der Waals surface area (Å²) >= 11 is 0. The monoisotopic (exact) mass is 452 g/mol. The predicted octanol–water partition coefficient (Wildman–Crippen LogP) is 5.34. The molecule has 0 saturated carbocycles. The van der Waals surface area contributed by atoms with Crippen LogP contribution in [-0.4, -0.2) is 32.1 Å². The van der Waals surface area contributed by atoms with Crippen molar-refractivity contribution >= 4 is 23.2 Å². The highest BCUT2D eigenvalue weighted by molar-refractivity contribution is 6.05. The number of nitrogens with zero attached hydrogens (tertiary/aromatic N) is 1. The smallest absolute Gasteiger partial charge is 0.387 e. The van der Waals surface area contributed by atoms with Crippen molar-refractivity contribution in [3.05, 3.63) is 72.3 Å². The van der Waals surface area contributed by atoms with Gasteiger partial charge < -0.3 is 19.7 Å². The highest BCUT2D eigenvalue weighted by Crippen LogP contribution is 2.35. The van der Waals surface area contributed by atoms with E-state index in [9.17, 15) is 18.4 Å². The lowest BCUT2D eigenvalue weighted by Crippen LogP contribution is -2.23. The van der Waals surface area contributed by atoms with Crippen molar-refractivity contribution in [3.8, 4) is 22.6 Å². The zero-order valence-electron chi connectivity index (χ0n) is 17.9. The van der Waals surface area contributed by atoms with Crippen LogP contribution in [0.15, 0.2) is 66.7 Å². The second-order valence-electron chi connectivity index (χ2n) is 7.47. The molecule has 33 heavy (non-hydrogen) atoms. The van der Waals surface area contributed by atoms with Gasteiger partial charge in [0.25, 0.3) is 5.91 Å². The Kier molecular flexibility index (Phi) is 6.53. The van der Waals surface area contributed by atoms with Crippen LogP contribution in [0.1, 0.15) is 23.2 Å². The van der Waals surface area contributed by atoms with Crippen molar-refractivity contribution in [2.75, 3.05) is 23.9 Å². The second-order valence-corrected chi connectivity index (χ2v) is 7.47. The predicted molar refractivity (Wildman–Crippen MR) is 121 cm³/mol. The fourth-order valence-corrected chi connectivity index (χ4v) is 3.72. The molecule has 0 atom stereocenters. The lowest BCUT2D eigenvalue weighted by atomic mass is 10.0. The number of rotatable bonds is 7. The fourth-order valence-electron chi connectivity index (χ4n) is 3.72. The van der Waals surface area contributed by atoms with Gasteiger partial charge in [0.2, 0.25) is 5.91 Å². The second kappa shape index (κ2) is 9.68. The van der Waals surface area contributed by atoms with Crippen molar-refractivity contribution in [2.24, 2.45) is 0 Å². The Morgan fingerprint density at radius 1 is 1.03 bits per heavy atom. The number of anilines is 2. The Balaban J connectivity index is 1.55. The molecule has 1 aliphatic rings. The molecule has 1 fully saturated rings. The van der Waals surface area contributed by atoms with Gasteiger partial charge in [-0.2, -0.15) is 8.78 Å². The first-order valence-corrected chi connectivity index (χ1v) is 10.4. The van der Waals surface area contributed by atoms with Crippen molar-refractivity contribution < 1.29 is 27.8 Å². The minimum atomic E-state index is -2.98. The van der Waals surface area contributed by atoms with E-state index in [2.05, 4.69) is 10.1 Å². The first-order valence-electron chi connectivity index (χ1n) is 10.4. The lowest BCUT2D eigenvalue weighted by molar-refractivity contribution is -0.117. The summed E-state index contributed by atoms with van der Waals surface area (Å²) < 4.78 is 35.6. The Bertz CT molecular complexity index is 1150. The van der Waals surface area contributed by atoms with Crippen LogP contribution in [0.25, 0.3) is 11.1 Å². The maximum absolute atomic E-state index is 12.9. The summed E-state index contributed by atoms with van der Waals surface area (Å²) in [6.45, 7) is -2.31. The van der Waals surface area contributed by atoms with Crippen molar-refractivity contribution in [2.45, 2.75) is 19.5 Å². The molecule has 4 rings (SSSR count). The summed E-state index contributed by atoms with van der Waals surface area (Å²) in [5.41, 5.74) is 2.61. The molecule has 1 N–H and O–H groups in total. The number of hydrogen-bond acceptors (Lipinski definition) is 4. The zero-order valence-corrected chi connectivity index (χ0v) is 17.9. The summed E-state index contributed by atoms with van der Waals surface area (Å²) in [5.74, 6) is 0.327. The largest absolute Gasteiger partial charge is 0.497 e. The van der Waals surface area contributed by atoms with Gasteiger partial charge in [-0.05, 0) is 66.6 Å². The number of nitrogens with one attached hydrogen (secondary N) is 1. The molecule has 2 amide bonds. The maximum Gasteiger partial charge on any atom is 0.387 e. The number of alkyl halides is 2. The number of carbonyl (C=O) groups is 2. The molecule has 0 radical (unpaired) electrons. The van der Waals surface area contributed by atoms with E-state index in [-0.39, 0.29) is 17.6 Å². The van der Waals surface area contributed by atoms with E-state index < -0.39 is 6.61 Å². The molecule has 6 nitrogen and oxygen atoms in total. The molecule has 1 aliphatic heterocycles. The summed E-state index contributed by atoms with van der Waals surface area (Å²) in [5, 5.41) is 2.78. The first-order chi connectivity index (χ1) is 15.9. The van der Waals surface area contributed by atoms with Gasteiger partial charge in [-0.25, -0.2) is 0 Å². The number of ether oxygens (including phenoxy) is 2. The Morgan fingerprint density at radius 3 is 2.36 bits per heavy atom. The highest BCUT2D eigenvalue weighted by atomic mass is 19.3. The van der Waals surface area contributed by atoms with Crippen molar-refractivity contribution in [1.29, 1.82) is 0 Å². The van der Waals surface area contributed by atoms with Crippen LogP contribution in [0.4, 0.5) is 20.2 Å². The van der Waals surface area contributed by atoms with Crippen LogP contribution < -0.4 is 19.7 Å². The van der Waals surface area contributed by atoms with Crippen LogP contribution in [-0.2, 0) is 4.79 Å². The fraction of sp³-hybridized carbons (Fsp3) is 0.200. The van der Waals surface area contributed by atoms with Gasteiger partial charge in [0.15, 0.2) is 0 Å². The van der Waals surface area contributed by atoms with Crippen LogP contribution in [0.2, 0.25) is 0 Å². The number of carbonyl (C=O) groups excluding carboxylic acids is 2. The molecule has 1 heterocycles. The molecular formula is C25H22F2N2O4. The number of amides is 2. The summed E-state index contributed by atoms with van der Waals surface area (Å²) in [7, 11) is 1.53. The third-order valence-corrected chi connectivity index (χ3v) is 5.37. The number of methoxy groups -OCH3 is 1. The van der Waals surface area contributed by atoms with Crippen LogP contribution >= 0.6 is 0 Å². The van der Waals surface area contributed by atoms with Crippen LogP contribution in [0.3, 0.4) is 0 Å². The quantitative estimate of drug-likeness (QED) is 0.525. The third kappa shape index (κ3) is 5.11. The topological polar surface area (TPSA) is 67.9 Å². The third-order valence-electron chi connectivity index (χ3n) is 5.37. The Labute approximate surface area is 189 Å². The molecule has 0 bridgehead atoms. The van der Waals surface area contributed by atoms with Gasteiger partial charge in [0, 0.05) is 35.5 Å². The molecule has 3 aromatic carbocycles. The minimum absolute atomic E-state index is 0.00667. The van der Waals surface area contributed by atoms with E-state index >= 15 is 0 Å². The summed E-state index contributed by atoms with van der Waals surface area (Å²) in [4.78, 5) is 26.3. The van der Waals surface area contributed by atoms with E-state index in [1.807, 2.05) is 0 Å². The van der Waals surface area contributed by atoms with E-state index in [4.69, 9.17) is 4.74 Å². The maximum atomic E-state index is 12.9. The number of benzene rings is 3. The van der Waals surface area contributed by atoms with E-state index in [1.165, 1.54) is 19.2 Å². The van der Waals surface area contributed by atoms with E-state index in [1.54, 1.807) is 59.5 Å². The van der Waals surface area contributed by atoms with Gasteiger partial charge in [-0.1, -0.05) is 12.1 Å². The van der Waals surface area contributed by atoms with Crippen LogP contribution in [0, 0.1) is 0 Å². The Hall–Kier alpha value is -3.94. The average Bonchev–Trinajstić information content (AvgIpc) is 3.25. The average molecular weight is 452 g/mol. The highest BCUT2D eigenvalue weighted by Gasteiger charge is 2.22. The molecule has 170 valence electrons. The standard InChI is InChI=1S/C25H22F2N2O4/c1-32-20-11-6-16(7-12-20)21-15-18(8-13-22(21)33-25(26)27)28-24(31)17-4-9-19(10-5-17)29-14-2-3-23(29)30/h4-13,15,25H,2-3,14H2,1H3,(H,28,31). The molecule has 1 saturated heterocycles. The van der Waals surface area contributed by atoms with E-state index in [0.29, 0.717) is 41.1 Å². The molecule has 0 unspecified atom stereocenters. The summed E-state index contributed by atoms with van der Waals surface area (Å²) in [6.07, 6.45) is 1.35. The van der Waals surface area contributed by atoms with Gasteiger partial charge in [-0.3, -0.25) is 9.59 Å². The summed E-state index contributed by atoms with van der Waals surface area (Å²) in [6, 6.07) is 18.1. The lowest BCUT2D eigenvalue weighted by Gasteiger charge is -2.16. The first kappa shape index (κ1) is 22.3. The van der Waals surface area contributed by atoms with Gasteiger partial charge in [-0.15, -0.1) is 0 Å². The van der Waals surface area contributed by atoms with Crippen molar-refractivity contribution in [1.82, 2.24) is 0 Å². The molecule has 0 aliphatic carbocycles. The minimum Gasteiger partial charge on any atom is -0.497 e. The number of halogens is 2. The molecule has 0 aromatic heterocycles. The van der Waals surface area contributed by atoms with Gasteiger partial charge >= 0.3 is 6.61 Å². The Morgan fingerprint density at radius 2 is 1.76 bits per heavy atom. The molecular weight excluding hydrogens is 430 g/mol. The molecule has 0 spiro atoms. The van der Waals surface area contributed by atoms with Crippen LogP contribution in [0.5, 0.6) is 11.5 Å². The SMILES string of the molecule is COc1ccc(-c2cc(NC(=O)c3ccc(N4CCCC4=O)cc3)ccc2OC(F)F)cc1. The van der Waals surface area contributed by atoms with E-state index in [0.717, 1.165) is 12.1 Å². The zero-order chi connectivity index (χ0) is 23.4. The molecule has 3 aromatic rings. The van der Waals surface area contributed by atoms with Crippen molar-refractivity contribution in [3.63, 3.8) is 0 Å². The number of hydrogen-bond donors (Lipinski definition) is 1. The van der Waals surface area contributed by atoms with Gasteiger partial charge in [0.1, 0.15) is 11.5 Å². The molecule has 8 heteroatoms.